The van der Waals surface area contributed by atoms with Crippen molar-refractivity contribution in [3.63, 3.8) is 0 Å². The van der Waals surface area contributed by atoms with Gasteiger partial charge < -0.3 is 5.11 Å². The average molecular weight is 345 g/mol. The van der Waals surface area contributed by atoms with Crippen molar-refractivity contribution >= 4 is 21.7 Å². The lowest BCUT2D eigenvalue weighted by molar-refractivity contribution is 0.0696. The van der Waals surface area contributed by atoms with Crippen LogP contribution in [0.1, 0.15) is 15.9 Å². The van der Waals surface area contributed by atoms with E-state index in [2.05, 4.69) is 0 Å². The summed E-state index contributed by atoms with van der Waals surface area (Å²) in [5.41, 5.74) is -0.273. The molecule has 0 aromatic heterocycles. The number of benzene rings is 2. The number of anilines is 1. The Labute approximate surface area is 129 Å². The molecule has 0 atom stereocenters. The Bertz CT molecular complexity index is 874. The molecule has 0 aliphatic heterocycles. The van der Waals surface area contributed by atoms with Crippen LogP contribution in [-0.4, -0.2) is 19.5 Å². The van der Waals surface area contributed by atoms with Gasteiger partial charge in [-0.1, -0.05) is 6.07 Å². The lowest BCUT2D eigenvalue weighted by Crippen LogP contribution is -2.18. The maximum atomic E-state index is 13.6. The monoisotopic (exact) mass is 345 g/mol. The van der Waals surface area contributed by atoms with Crippen LogP contribution < -0.4 is 4.72 Å². The third-order valence-corrected chi connectivity index (χ3v) is 4.46. The van der Waals surface area contributed by atoms with E-state index in [1.165, 1.54) is 25.1 Å². The van der Waals surface area contributed by atoms with Gasteiger partial charge in [0.25, 0.3) is 10.0 Å². The minimum atomic E-state index is -4.72. The van der Waals surface area contributed by atoms with Gasteiger partial charge in [0.15, 0.2) is 4.90 Å². The second-order valence-electron chi connectivity index (χ2n) is 4.59. The number of hydrogen-bond acceptors (Lipinski definition) is 3. The number of nitrogens with one attached hydrogen (secondary N) is 1. The van der Waals surface area contributed by atoms with Gasteiger partial charge in [-0.25, -0.2) is 26.4 Å². The number of aromatic carboxylic acids is 1. The SMILES string of the molecule is Cc1c(NS(=O)(=O)c2c(F)cc(F)cc2F)cccc1C(=O)O. The fraction of sp³-hybridized carbons (Fsp3) is 0.0714. The Balaban J connectivity index is 2.52. The van der Waals surface area contributed by atoms with Gasteiger partial charge in [0.1, 0.15) is 17.5 Å². The molecule has 2 aromatic carbocycles. The lowest BCUT2D eigenvalue weighted by atomic mass is 10.1. The molecule has 0 saturated carbocycles. The highest BCUT2D eigenvalue weighted by atomic mass is 32.2. The van der Waals surface area contributed by atoms with Gasteiger partial charge in [-0.15, -0.1) is 0 Å². The smallest absolute Gasteiger partial charge is 0.336 e. The van der Waals surface area contributed by atoms with E-state index in [9.17, 15) is 26.4 Å². The predicted octanol–water partition coefficient (Wildman–Crippen LogP) is 2.91. The number of carboxylic acids is 1. The first-order valence-electron chi connectivity index (χ1n) is 6.13. The lowest BCUT2D eigenvalue weighted by Gasteiger charge is -2.13. The van der Waals surface area contributed by atoms with Gasteiger partial charge in [0.05, 0.1) is 11.3 Å². The molecule has 0 radical (unpaired) electrons. The summed E-state index contributed by atoms with van der Waals surface area (Å²) in [5.74, 6) is -5.74. The molecule has 2 N–H and O–H groups in total. The molecule has 0 amide bonds. The molecule has 0 fully saturated rings. The largest absolute Gasteiger partial charge is 0.478 e. The van der Waals surface area contributed by atoms with Crippen LogP contribution in [0, 0.1) is 24.4 Å². The zero-order valence-electron chi connectivity index (χ0n) is 11.6. The fourth-order valence-corrected chi connectivity index (χ4v) is 3.20. The predicted molar refractivity (Wildman–Crippen MR) is 75.3 cm³/mol. The van der Waals surface area contributed by atoms with Gasteiger partial charge in [0.2, 0.25) is 0 Å². The molecule has 0 saturated heterocycles. The third-order valence-electron chi connectivity index (χ3n) is 3.04. The van der Waals surface area contributed by atoms with Crippen molar-refractivity contribution in [3.8, 4) is 0 Å². The molecular weight excluding hydrogens is 335 g/mol. The van der Waals surface area contributed by atoms with E-state index in [0.717, 1.165) is 0 Å². The van der Waals surface area contributed by atoms with Crippen LogP contribution in [-0.2, 0) is 10.0 Å². The topological polar surface area (TPSA) is 83.5 Å². The Morgan fingerprint density at radius 1 is 1.13 bits per heavy atom. The van der Waals surface area contributed by atoms with E-state index < -0.39 is 38.3 Å². The molecule has 0 aliphatic rings. The van der Waals surface area contributed by atoms with Crippen LogP contribution in [0.25, 0.3) is 0 Å². The van der Waals surface area contributed by atoms with Crippen LogP contribution in [0.3, 0.4) is 0 Å². The summed E-state index contributed by atoms with van der Waals surface area (Å²) in [6.07, 6.45) is 0. The fourth-order valence-electron chi connectivity index (χ4n) is 1.96. The Morgan fingerprint density at radius 2 is 1.70 bits per heavy atom. The zero-order chi connectivity index (χ0) is 17.4. The second kappa shape index (κ2) is 5.92. The van der Waals surface area contributed by atoms with Crippen LogP contribution in [0.2, 0.25) is 0 Å². The second-order valence-corrected chi connectivity index (χ2v) is 6.21. The number of hydrogen-bond donors (Lipinski definition) is 2. The number of rotatable bonds is 4. The first-order chi connectivity index (χ1) is 10.6. The molecule has 0 aliphatic carbocycles. The molecule has 5 nitrogen and oxygen atoms in total. The molecule has 2 rings (SSSR count). The van der Waals surface area contributed by atoms with Crippen molar-refractivity contribution in [2.75, 3.05) is 4.72 Å². The summed E-state index contributed by atoms with van der Waals surface area (Å²) in [5, 5.41) is 8.99. The first kappa shape index (κ1) is 16.8. The summed E-state index contributed by atoms with van der Waals surface area (Å²) in [7, 11) is -4.72. The summed E-state index contributed by atoms with van der Waals surface area (Å²) in [6.45, 7) is 1.33. The van der Waals surface area contributed by atoms with Gasteiger partial charge >= 0.3 is 5.97 Å². The van der Waals surface area contributed by atoms with Crippen molar-refractivity contribution in [2.24, 2.45) is 0 Å². The first-order valence-corrected chi connectivity index (χ1v) is 7.62. The minimum absolute atomic E-state index is 0.0616. The normalized spacial score (nSPS) is 11.3. The summed E-state index contributed by atoms with van der Waals surface area (Å²) in [4.78, 5) is 9.67. The van der Waals surface area contributed by atoms with Gasteiger partial charge in [-0.05, 0) is 24.6 Å². The molecular formula is C14H10F3NO4S. The Hall–Kier alpha value is -2.55. The van der Waals surface area contributed by atoms with Gasteiger partial charge in [-0.3, -0.25) is 4.72 Å². The third kappa shape index (κ3) is 3.29. The van der Waals surface area contributed by atoms with E-state index in [0.29, 0.717) is 0 Å². The molecule has 0 spiro atoms. The molecule has 0 unspecified atom stereocenters. The Kier molecular flexibility index (Phi) is 4.33. The van der Waals surface area contributed by atoms with Crippen LogP contribution in [0.5, 0.6) is 0 Å². The van der Waals surface area contributed by atoms with Crippen LogP contribution in [0.4, 0.5) is 18.9 Å². The van der Waals surface area contributed by atoms with Crippen molar-refractivity contribution < 1.29 is 31.5 Å². The highest BCUT2D eigenvalue weighted by Crippen LogP contribution is 2.26. The van der Waals surface area contributed by atoms with E-state index in [1.54, 1.807) is 0 Å². The average Bonchev–Trinajstić information content (AvgIpc) is 2.38. The zero-order valence-corrected chi connectivity index (χ0v) is 12.4. The summed E-state index contributed by atoms with van der Waals surface area (Å²) in [6, 6.07) is 4.22. The molecule has 0 heterocycles. The van der Waals surface area contributed by atoms with Crippen molar-refractivity contribution in [1.29, 1.82) is 0 Å². The molecule has 9 heteroatoms. The van der Waals surface area contributed by atoms with Crippen LogP contribution in [0.15, 0.2) is 35.2 Å². The quantitative estimate of drug-likeness (QED) is 0.892. The van der Waals surface area contributed by atoms with Crippen molar-refractivity contribution in [2.45, 2.75) is 11.8 Å². The number of sulfonamides is 1. The van der Waals surface area contributed by atoms with Gasteiger partial charge in [-0.2, -0.15) is 0 Å². The Morgan fingerprint density at radius 3 is 2.22 bits per heavy atom. The highest BCUT2D eigenvalue weighted by Gasteiger charge is 2.26. The van der Waals surface area contributed by atoms with E-state index >= 15 is 0 Å². The maximum absolute atomic E-state index is 13.6. The van der Waals surface area contributed by atoms with E-state index in [1.807, 2.05) is 4.72 Å². The highest BCUT2D eigenvalue weighted by molar-refractivity contribution is 7.92. The number of carbonyl (C=O) groups is 1. The van der Waals surface area contributed by atoms with E-state index in [4.69, 9.17) is 5.11 Å². The standard InChI is InChI=1S/C14H10F3NO4S/c1-7-9(14(19)20)3-2-4-12(7)18-23(21,22)13-10(16)5-8(15)6-11(13)17/h2-6,18H,1H3,(H,19,20). The molecule has 2 aromatic rings. The summed E-state index contributed by atoms with van der Waals surface area (Å²) >= 11 is 0. The maximum Gasteiger partial charge on any atom is 0.336 e. The molecule has 122 valence electrons. The minimum Gasteiger partial charge on any atom is -0.478 e. The number of carboxylic acid groups (broad SMARTS) is 1. The molecule has 23 heavy (non-hydrogen) atoms. The number of halogens is 3. The van der Waals surface area contributed by atoms with E-state index in [-0.39, 0.29) is 28.9 Å². The van der Waals surface area contributed by atoms with Crippen molar-refractivity contribution in [3.05, 3.63) is 58.9 Å². The van der Waals surface area contributed by atoms with Crippen LogP contribution >= 0.6 is 0 Å². The van der Waals surface area contributed by atoms with Crippen molar-refractivity contribution in [1.82, 2.24) is 0 Å². The molecule has 0 bridgehead atoms. The summed E-state index contributed by atoms with van der Waals surface area (Å²) < 4.78 is 66.3. The van der Waals surface area contributed by atoms with Gasteiger partial charge in [0, 0.05) is 12.1 Å².